The van der Waals surface area contributed by atoms with Crippen LogP contribution in [0.4, 0.5) is 5.69 Å². The molecule has 0 aliphatic rings. The Kier molecular flexibility index (Phi) is 5.52. The Hall–Kier alpha value is -2.78. The van der Waals surface area contributed by atoms with E-state index >= 15 is 0 Å². The van der Waals surface area contributed by atoms with Crippen molar-refractivity contribution >= 4 is 29.2 Å². The number of nitrogens with zero attached hydrogens (tertiary/aromatic N) is 1. The lowest BCUT2D eigenvalue weighted by atomic mass is 10.2. The lowest BCUT2D eigenvalue weighted by Crippen LogP contribution is -2.15. The summed E-state index contributed by atoms with van der Waals surface area (Å²) >= 11 is 5.86. The van der Waals surface area contributed by atoms with Gasteiger partial charge in [0.15, 0.2) is 0 Å². The predicted molar refractivity (Wildman–Crippen MR) is 78.2 cm³/mol. The number of carboxylic acid groups (broad SMARTS) is 1. The second kappa shape index (κ2) is 7.12. The fourth-order valence-electron chi connectivity index (χ4n) is 1.42. The van der Waals surface area contributed by atoms with Crippen LogP contribution in [-0.2, 0) is 9.59 Å². The van der Waals surface area contributed by atoms with Crippen LogP contribution in [0, 0.1) is 18.3 Å². The zero-order chi connectivity index (χ0) is 16.0. The van der Waals surface area contributed by atoms with Crippen LogP contribution in [0.2, 0.25) is 0 Å². The van der Waals surface area contributed by atoms with Crippen molar-refractivity contribution in [2.75, 3.05) is 5.32 Å². The van der Waals surface area contributed by atoms with Crippen LogP contribution in [0.25, 0.3) is 0 Å². The molecule has 1 aromatic rings. The molecule has 108 valence electrons. The highest BCUT2D eigenvalue weighted by molar-refractivity contribution is 6.34. The Balaban J connectivity index is 3.27. The largest absolute Gasteiger partial charge is 0.477 e. The number of primary amides is 1. The number of nitriles is 1. The van der Waals surface area contributed by atoms with Gasteiger partial charge < -0.3 is 16.2 Å². The second-order valence-electron chi connectivity index (χ2n) is 4.00. The molecule has 0 saturated heterocycles. The molecule has 0 saturated carbocycles. The van der Waals surface area contributed by atoms with Crippen LogP contribution in [-0.4, -0.2) is 17.0 Å². The molecule has 0 heterocycles. The molecule has 0 fully saturated rings. The minimum atomic E-state index is -1.33. The number of hydrogen-bond acceptors (Lipinski definition) is 4. The molecule has 1 rings (SSSR count). The van der Waals surface area contributed by atoms with E-state index in [1.165, 1.54) is 0 Å². The summed E-state index contributed by atoms with van der Waals surface area (Å²) in [4.78, 5) is 22.2. The smallest absolute Gasteiger partial charge is 0.353 e. The van der Waals surface area contributed by atoms with Gasteiger partial charge in [-0.15, -0.1) is 0 Å². The molecule has 0 unspecified atom stereocenters. The fraction of sp³-hybridized carbons (Fsp3) is 0.0714. The van der Waals surface area contributed by atoms with Crippen molar-refractivity contribution in [3.63, 3.8) is 0 Å². The number of anilines is 1. The fourth-order valence-corrected chi connectivity index (χ4v) is 1.66. The van der Waals surface area contributed by atoms with Crippen molar-refractivity contribution in [3.05, 3.63) is 52.2 Å². The van der Waals surface area contributed by atoms with Gasteiger partial charge in [0.1, 0.15) is 17.3 Å². The van der Waals surface area contributed by atoms with Crippen molar-refractivity contribution in [2.24, 2.45) is 5.73 Å². The highest BCUT2D eigenvalue weighted by atomic mass is 35.5. The molecule has 0 bridgehead atoms. The molecule has 7 heteroatoms. The number of carboxylic acids is 1. The summed E-state index contributed by atoms with van der Waals surface area (Å²) in [6.45, 7) is 1.79. The van der Waals surface area contributed by atoms with Crippen molar-refractivity contribution in [2.45, 2.75) is 6.92 Å². The average Bonchev–Trinajstić information content (AvgIpc) is 2.42. The maximum Gasteiger partial charge on any atom is 0.353 e. The van der Waals surface area contributed by atoms with Crippen LogP contribution in [0.5, 0.6) is 0 Å². The molecule has 0 aromatic heterocycles. The van der Waals surface area contributed by atoms with Crippen molar-refractivity contribution in [1.82, 2.24) is 0 Å². The number of halogens is 1. The number of nitrogens with two attached hydrogens (primary N) is 1. The van der Waals surface area contributed by atoms with E-state index in [1.54, 1.807) is 37.3 Å². The quantitative estimate of drug-likeness (QED) is 0.436. The molecular formula is C14H12ClN3O3. The molecule has 6 nitrogen and oxygen atoms in total. The number of aliphatic carboxylic acids is 1. The van der Waals surface area contributed by atoms with Crippen molar-refractivity contribution < 1.29 is 14.7 Å². The van der Waals surface area contributed by atoms with E-state index in [0.717, 1.165) is 11.6 Å². The molecule has 0 atom stereocenters. The number of benzene rings is 1. The first-order valence-electron chi connectivity index (χ1n) is 5.74. The number of amides is 1. The topological polar surface area (TPSA) is 116 Å². The number of nitrogens with one attached hydrogen (secondary N) is 1. The summed E-state index contributed by atoms with van der Waals surface area (Å²) in [7, 11) is 0. The van der Waals surface area contributed by atoms with Gasteiger partial charge in [-0.25, -0.2) is 4.79 Å². The van der Waals surface area contributed by atoms with Crippen LogP contribution in [0.3, 0.4) is 0 Å². The standard InChI is InChI=1S/C14H12ClN3O3/c1-8-4-2-3-5-11(8)18-12(14(20)21)10(15)6-9(7-16)13(17)19/h2-6,18H,1H3,(H2,17,19)(H,20,21)/b9-6+,12-10+. The zero-order valence-electron chi connectivity index (χ0n) is 11.1. The van der Waals surface area contributed by atoms with Crippen LogP contribution in [0.1, 0.15) is 5.56 Å². The SMILES string of the molecule is Cc1ccccc1N/C(C(=O)O)=C(Cl)\C=C(/C#N)C(N)=O. The normalized spacial score (nSPS) is 12.1. The first kappa shape index (κ1) is 16.3. The Morgan fingerprint density at radius 1 is 1.43 bits per heavy atom. The second-order valence-corrected chi connectivity index (χ2v) is 4.41. The number of para-hydroxylation sites is 1. The molecule has 21 heavy (non-hydrogen) atoms. The maximum absolute atomic E-state index is 11.3. The molecule has 0 aliphatic heterocycles. The van der Waals surface area contributed by atoms with Gasteiger partial charge in [0.2, 0.25) is 0 Å². The maximum atomic E-state index is 11.3. The number of allylic oxidation sites excluding steroid dienone is 2. The summed E-state index contributed by atoms with van der Waals surface area (Å²) in [6, 6.07) is 8.53. The minimum Gasteiger partial charge on any atom is -0.477 e. The van der Waals surface area contributed by atoms with Crippen LogP contribution in [0.15, 0.2) is 46.6 Å². The molecular weight excluding hydrogens is 294 g/mol. The van der Waals surface area contributed by atoms with Crippen LogP contribution < -0.4 is 11.1 Å². The number of carbonyl (C=O) groups excluding carboxylic acids is 1. The van der Waals surface area contributed by atoms with E-state index in [0.29, 0.717) is 5.69 Å². The third-order valence-electron chi connectivity index (χ3n) is 2.51. The van der Waals surface area contributed by atoms with Gasteiger partial charge in [0.05, 0.1) is 5.03 Å². The lowest BCUT2D eigenvalue weighted by Gasteiger charge is -2.10. The van der Waals surface area contributed by atoms with Gasteiger partial charge in [-0.2, -0.15) is 5.26 Å². The van der Waals surface area contributed by atoms with E-state index in [1.807, 2.05) is 0 Å². The minimum absolute atomic E-state index is 0.305. The Morgan fingerprint density at radius 2 is 2.05 bits per heavy atom. The first-order chi connectivity index (χ1) is 9.86. The van der Waals surface area contributed by atoms with Gasteiger partial charge >= 0.3 is 5.97 Å². The van der Waals surface area contributed by atoms with Gasteiger partial charge in [-0.3, -0.25) is 4.79 Å². The van der Waals surface area contributed by atoms with E-state index < -0.39 is 17.4 Å². The first-order valence-corrected chi connectivity index (χ1v) is 6.12. The van der Waals surface area contributed by atoms with E-state index in [4.69, 9.17) is 22.6 Å². The third-order valence-corrected chi connectivity index (χ3v) is 2.81. The van der Waals surface area contributed by atoms with E-state index in [9.17, 15) is 14.7 Å². The predicted octanol–water partition coefficient (Wildman–Crippen LogP) is 1.88. The Morgan fingerprint density at radius 3 is 2.52 bits per heavy atom. The number of aryl methyl sites for hydroxylation is 1. The number of carbonyl (C=O) groups is 2. The molecule has 1 amide bonds. The van der Waals surface area contributed by atoms with E-state index in [-0.39, 0.29) is 10.7 Å². The molecule has 1 aromatic carbocycles. The summed E-state index contributed by atoms with van der Waals surface area (Å²) in [5, 5.41) is 20.3. The average molecular weight is 306 g/mol. The van der Waals surface area contributed by atoms with E-state index in [2.05, 4.69) is 5.32 Å². The monoisotopic (exact) mass is 305 g/mol. The van der Waals surface area contributed by atoms with Gasteiger partial charge in [0.25, 0.3) is 5.91 Å². The molecule has 0 aliphatic carbocycles. The Labute approximate surface area is 126 Å². The molecule has 0 radical (unpaired) electrons. The number of rotatable bonds is 5. The molecule has 0 spiro atoms. The Bertz CT molecular complexity index is 687. The summed E-state index contributed by atoms with van der Waals surface area (Å²) in [5.74, 6) is -2.32. The summed E-state index contributed by atoms with van der Waals surface area (Å²) < 4.78 is 0. The summed E-state index contributed by atoms with van der Waals surface area (Å²) in [6.07, 6.45) is 0.915. The van der Waals surface area contributed by atoms with Gasteiger partial charge in [-0.1, -0.05) is 29.8 Å². The lowest BCUT2D eigenvalue weighted by molar-refractivity contribution is -0.132. The van der Waals surface area contributed by atoms with Crippen LogP contribution >= 0.6 is 11.6 Å². The third kappa shape index (κ3) is 4.37. The zero-order valence-corrected chi connectivity index (χ0v) is 11.8. The van der Waals surface area contributed by atoms with Crippen molar-refractivity contribution in [1.29, 1.82) is 5.26 Å². The summed E-state index contributed by atoms with van der Waals surface area (Å²) in [5.41, 5.74) is 5.52. The highest BCUT2D eigenvalue weighted by Gasteiger charge is 2.15. The van der Waals surface area contributed by atoms with Crippen molar-refractivity contribution in [3.8, 4) is 6.07 Å². The molecule has 4 N–H and O–H groups in total. The van der Waals surface area contributed by atoms with Gasteiger partial charge in [-0.05, 0) is 24.6 Å². The highest BCUT2D eigenvalue weighted by Crippen LogP contribution is 2.20. The number of hydrogen-bond donors (Lipinski definition) is 3. The van der Waals surface area contributed by atoms with Gasteiger partial charge in [0, 0.05) is 5.69 Å².